The summed E-state index contributed by atoms with van der Waals surface area (Å²) in [5, 5.41) is 10.6. The van der Waals surface area contributed by atoms with E-state index in [1.807, 2.05) is 0 Å². The molecule has 1 heterocycles. The quantitative estimate of drug-likeness (QED) is 0.666. The van der Waals surface area contributed by atoms with Crippen LogP contribution in [0.1, 0.15) is 10.4 Å². The van der Waals surface area contributed by atoms with Crippen molar-refractivity contribution in [1.82, 2.24) is 4.98 Å². The van der Waals surface area contributed by atoms with E-state index < -0.39 is 10.8 Å². The zero-order valence-corrected chi connectivity index (χ0v) is 9.65. The zero-order valence-electron chi connectivity index (χ0n) is 9.65. The summed E-state index contributed by atoms with van der Waals surface area (Å²) in [5.74, 6) is -0.473. The minimum atomic E-state index is -0.687. The second-order valence-electron chi connectivity index (χ2n) is 3.58. The molecular formula is C12H9N3O4. The summed E-state index contributed by atoms with van der Waals surface area (Å²) in [4.78, 5) is 25.2. The maximum Gasteiger partial charge on any atom is 0.273 e. The van der Waals surface area contributed by atoms with Crippen LogP contribution in [0.15, 0.2) is 42.6 Å². The maximum atomic E-state index is 11.2. The van der Waals surface area contributed by atoms with Gasteiger partial charge >= 0.3 is 0 Å². The van der Waals surface area contributed by atoms with Gasteiger partial charge in [0, 0.05) is 12.3 Å². The van der Waals surface area contributed by atoms with Gasteiger partial charge in [-0.1, -0.05) is 6.07 Å². The molecule has 0 saturated carbocycles. The fourth-order valence-electron chi connectivity index (χ4n) is 1.43. The Balaban J connectivity index is 2.34. The lowest BCUT2D eigenvalue weighted by atomic mass is 10.2. The van der Waals surface area contributed by atoms with Crippen molar-refractivity contribution in [2.24, 2.45) is 5.73 Å². The molecule has 96 valence electrons. The summed E-state index contributed by atoms with van der Waals surface area (Å²) in [6.45, 7) is 0. The van der Waals surface area contributed by atoms with Gasteiger partial charge in [-0.15, -0.1) is 0 Å². The molecule has 0 radical (unpaired) electrons. The number of hydrogen-bond acceptors (Lipinski definition) is 5. The smallest absolute Gasteiger partial charge is 0.273 e. The van der Waals surface area contributed by atoms with Crippen molar-refractivity contribution in [3.05, 3.63) is 58.3 Å². The first-order valence-electron chi connectivity index (χ1n) is 5.25. The van der Waals surface area contributed by atoms with Gasteiger partial charge in [-0.2, -0.15) is 0 Å². The van der Waals surface area contributed by atoms with Crippen molar-refractivity contribution in [3.63, 3.8) is 0 Å². The Morgan fingerprint density at radius 1 is 1.32 bits per heavy atom. The van der Waals surface area contributed by atoms with Gasteiger partial charge in [0.05, 0.1) is 11.0 Å². The van der Waals surface area contributed by atoms with E-state index in [2.05, 4.69) is 4.98 Å². The Bertz CT molecular complexity index is 642. The largest absolute Gasteiger partial charge is 0.438 e. The molecule has 1 amide bonds. The lowest BCUT2D eigenvalue weighted by Crippen LogP contribution is -2.12. The van der Waals surface area contributed by atoms with Crippen LogP contribution in [0.5, 0.6) is 11.6 Å². The van der Waals surface area contributed by atoms with E-state index in [0.29, 0.717) is 0 Å². The first-order valence-corrected chi connectivity index (χ1v) is 5.25. The van der Waals surface area contributed by atoms with E-state index in [4.69, 9.17) is 10.5 Å². The van der Waals surface area contributed by atoms with Gasteiger partial charge in [-0.05, 0) is 18.2 Å². The number of primary amides is 1. The fraction of sp³-hybridized carbons (Fsp3) is 0. The van der Waals surface area contributed by atoms with Crippen LogP contribution >= 0.6 is 0 Å². The number of pyridine rings is 1. The minimum absolute atomic E-state index is 0.00972. The molecule has 0 bridgehead atoms. The van der Waals surface area contributed by atoms with E-state index in [-0.39, 0.29) is 22.9 Å². The highest BCUT2D eigenvalue weighted by Gasteiger charge is 2.12. The number of carbonyl (C=O) groups excluding carboxylic acids is 1. The SMILES string of the molecule is NC(=O)c1cccnc1Oc1cccc([N+](=O)[O-])c1. The number of benzene rings is 1. The standard InChI is InChI=1S/C12H9N3O4/c13-11(16)10-5-2-6-14-12(10)19-9-4-1-3-8(7-9)15(17)18/h1-7H,(H2,13,16). The number of nitrogens with zero attached hydrogens (tertiary/aromatic N) is 2. The predicted molar refractivity (Wildman–Crippen MR) is 65.9 cm³/mol. The lowest BCUT2D eigenvalue weighted by molar-refractivity contribution is -0.384. The van der Waals surface area contributed by atoms with Gasteiger partial charge in [0.15, 0.2) is 0 Å². The molecule has 0 atom stereocenters. The molecule has 0 fully saturated rings. The Hall–Kier alpha value is -2.96. The third-order valence-corrected chi connectivity index (χ3v) is 2.28. The van der Waals surface area contributed by atoms with E-state index in [0.717, 1.165) is 0 Å². The molecule has 0 aliphatic carbocycles. The number of nitro groups is 1. The highest BCUT2D eigenvalue weighted by Crippen LogP contribution is 2.25. The molecule has 1 aromatic heterocycles. The minimum Gasteiger partial charge on any atom is -0.438 e. The molecule has 1 aromatic carbocycles. The average molecular weight is 259 g/mol. The van der Waals surface area contributed by atoms with Gasteiger partial charge in [-0.3, -0.25) is 14.9 Å². The predicted octanol–water partition coefficient (Wildman–Crippen LogP) is 1.88. The molecule has 0 aliphatic heterocycles. The van der Waals surface area contributed by atoms with Gasteiger partial charge < -0.3 is 10.5 Å². The summed E-state index contributed by atoms with van der Waals surface area (Å²) in [6, 6.07) is 8.56. The fourth-order valence-corrected chi connectivity index (χ4v) is 1.43. The highest BCUT2D eigenvalue weighted by molar-refractivity contribution is 5.95. The van der Waals surface area contributed by atoms with Crippen LogP contribution in [0.25, 0.3) is 0 Å². The van der Waals surface area contributed by atoms with Crippen molar-refractivity contribution in [2.75, 3.05) is 0 Å². The molecule has 2 N–H and O–H groups in total. The van der Waals surface area contributed by atoms with Crippen LogP contribution in [0.3, 0.4) is 0 Å². The molecule has 7 nitrogen and oxygen atoms in total. The van der Waals surface area contributed by atoms with Crippen molar-refractivity contribution < 1.29 is 14.5 Å². The van der Waals surface area contributed by atoms with Crippen molar-refractivity contribution in [3.8, 4) is 11.6 Å². The second-order valence-corrected chi connectivity index (χ2v) is 3.58. The van der Waals surface area contributed by atoms with Gasteiger partial charge in [0.25, 0.3) is 11.6 Å². The number of nitrogens with two attached hydrogens (primary N) is 1. The first-order chi connectivity index (χ1) is 9.08. The van der Waals surface area contributed by atoms with E-state index in [1.165, 1.54) is 36.5 Å². The number of nitro benzene ring substituents is 1. The van der Waals surface area contributed by atoms with Crippen LogP contribution in [0, 0.1) is 10.1 Å². The van der Waals surface area contributed by atoms with Crippen LogP contribution in [0.4, 0.5) is 5.69 Å². The van der Waals surface area contributed by atoms with Gasteiger partial charge in [0.1, 0.15) is 11.3 Å². The summed E-state index contributed by atoms with van der Waals surface area (Å²) in [7, 11) is 0. The van der Waals surface area contributed by atoms with Crippen LogP contribution in [-0.4, -0.2) is 15.8 Å². The molecule has 0 aliphatic rings. The number of non-ortho nitro benzene ring substituents is 1. The third kappa shape index (κ3) is 2.83. The Labute approximate surface area is 107 Å². The molecule has 19 heavy (non-hydrogen) atoms. The van der Waals surface area contributed by atoms with Crippen molar-refractivity contribution in [2.45, 2.75) is 0 Å². The van der Waals surface area contributed by atoms with Crippen molar-refractivity contribution in [1.29, 1.82) is 0 Å². The molecule has 2 rings (SSSR count). The summed E-state index contributed by atoms with van der Waals surface area (Å²) in [5.41, 5.74) is 5.17. The maximum absolute atomic E-state index is 11.2. The van der Waals surface area contributed by atoms with Crippen LogP contribution < -0.4 is 10.5 Å². The number of aromatic nitrogens is 1. The summed E-state index contributed by atoms with van der Waals surface area (Å²) >= 11 is 0. The van der Waals surface area contributed by atoms with Crippen LogP contribution in [0.2, 0.25) is 0 Å². The van der Waals surface area contributed by atoms with E-state index >= 15 is 0 Å². The van der Waals surface area contributed by atoms with E-state index in [1.54, 1.807) is 6.07 Å². The molecule has 0 unspecified atom stereocenters. The Kier molecular flexibility index (Phi) is 3.37. The summed E-state index contributed by atoms with van der Waals surface area (Å²) in [6.07, 6.45) is 1.43. The number of hydrogen-bond donors (Lipinski definition) is 1. The number of ether oxygens (including phenoxy) is 1. The first kappa shape index (κ1) is 12.5. The molecule has 2 aromatic rings. The Morgan fingerprint density at radius 2 is 2.11 bits per heavy atom. The van der Waals surface area contributed by atoms with Gasteiger partial charge in [-0.25, -0.2) is 4.98 Å². The van der Waals surface area contributed by atoms with Gasteiger partial charge in [0.2, 0.25) is 5.88 Å². The monoisotopic (exact) mass is 259 g/mol. The third-order valence-electron chi connectivity index (χ3n) is 2.28. The topological polar surface area (TPSA) is 108 Å². The Morgan fingerprint density at radius 3 is 2.79 bits per heavy atom. The summed E-state index contributed by atoms with van der Waals surface area (Å²) < 4.78 is 5.35. The molecular weight excluding hydrogens is 250 g/mol. The molecule has 0 spiro atoms. The lowest BCUT2D eigenvalue weighted by Gasteiger charge is -2.07. The van der Waals surface area contributed by atoms with Crippen LogP contribution in [-0.2, 0) is 0 Å². The molecule has 7 heteroatoms. The zero-order chi connectivity index (χ0) is 13.8. The normalized spacial score (nSPS) is 9.89. The second kappa shape index (κ2) is 5.13. The highest BCUT2D eigenvalue weighted by atomic mass is 16.6. The number of rotatable bonds is 4. The van der Waals surface area contributed by atoms with E-state index in [9.17, 15) is 14.9 Å². The molecule has 0 saturated heterocycles. The number of carbonyl (C=O) groups is 1. The average Bonchev–Trinajstić information content (AvgIpc) is 2.39. The van der Waals surface area contributed by atoms with Crippen molar-refractivity contribution >= 4 is 11.6 Å². The number of amides is 1.